The Hall–Kier alpha value is -3.74. The zero-order chi connectivity index (χ0) is 24.5. The number of rotatable bonds is 6. The van der Waals surface area contributed by atoms with Crippen LogP contribution in [-0.2, 0) is 17.8 Å². The summed E-state index contributed by atoms with van der Waals surface area (Å²) >= 11 is 0. The third kappa shape index (κ3) is 4.70. The lowest BCUT2D eigenvalue weighted by Crippen LogP contribution is -2.35. The molecule has 3 aliphatic rings. The van der Waals surface area contributed by atoms with Gasteiger partial charge in [-0.05, 0) is 48.7 Å². The van der Waals surface area contributed by atoms with E-state index in [0.717, 1.165) is 34.8 Å². The van der Waals surface area contributed by atoms with E-state index in [1.165, 1.54) is 25.7 Å². The first-order valence-electron chi connectivity index (χ1n) is 12.8. The van der Waals surface area contributed by atoms with E-state index in [2.05, 4.69) is 5.32 Å². The van der Waals surface area contributed by atoms with Gasteiger partial charge in [0.15, 0.2) is 11.5 Å². The first kappa shape index (κ1) is 22.7. The number of furan rings is 1. The first-order chi connectivity index (χ1) is 17.6. The topological polar surface area (TPSA) is 81.0 Å². The molecule has 6 rings (SSSR count). The highest BCUT2D eigenvalue weighted by Crippen LogP contribution is 2.35. The fourth-order valence-corrected chi connectivity index (χ4v) is 5.47. The van der Waals surface area contributed by atoms with Crippen molar-refractivity contribution in [1.82, 2.24) is 4.90 Å². The largest absolute Gasteiger partial charge is 0.461 e. The van der Waals surface area contributed by atoms with E-state index in [4.69, 9.17) is 13.9 Å². The molecule has 186 valence electrons. The van der Waals surface area contributed by atoms with Crippen LogP contribution in [0.3, 0.4) is 0 Å². The van der Waals surface area contributed by atoms with E-state index < -0.39 is 0 Å². The van der Waals surface area contributed by atoms with Crippen molar-refractivity contribution in [3.05, 3.63) is 65.4 Å². The molecule has 1 aliphatic carbocycles. The monoisotopic (exact) mass is 486 g/mol. The van der Waals surface area contributed by atoms with Crippen molar-refractivity contribution in [2.24, 2.45) is 5.92 Å². The molecule has 0 bridgehead atoms. The van der Waals surface area contributed by atoms with Crippen LogP contribution in [0, 0.1) is 5.92 Å². The van der Waals surface area contributed by atoms with Gasteiger partial charge in [-0.3, -0.25) is 9.59 Å². The maximum Gasteiger partial charge on any atom is 0.254 e. The van der Waals surface area contributed by atoms with E-state index in [9.17, 15) is 9.59 Å². The Labute approximate surface area is 210 Å². The summed E-state index contributed by atoms with van der Waals surface area (Å²) in [6.45, 7) is 1.26. The third-order valence-corrected chi connectivity index (χ3v) is 7.46. The summed E-state index contributed by atoms with van der Waals surface area (Å²) in [5.74, 6) is 3.66. The SMILES string of the molecule is O=C(CCC1CCCC1)Nc1cccc(-c2cc3c(o2)CCN(C(=O)c2ccc4c(c2)OCO4)C3)c1. The van der Waals surface area contributed by atoms with Gasteiger partial charge in [-0.1, -0.05) is 37.8 Å². The number of carbonyl (C=O) groups excluding carboxylic acids is 2. The Balaban J connectivity index is 1.11. The Kier molecular flexibility index (Phi) is 6.13. The number of hydrogen-bond acceptors (Lipinski definition) is 5. The van der Waals surface area contributed by atoms with Crippen LogP contribution >= 0.6 is 0 Å². The molecular formula is C29H30N2O5. The fraction of sp³-hybridized carbons (Fsp3) is 0.379. The number of anilines is 1. The van der Waals surface area contributed by atoms with Crippen LogP contribution in [-0.4, -0.2) is 30.1 Å². The molecule has 0 atom stereocenters. The lowest BCUT2D eigenvalue weighted by atomic mass is 10.0. The van der Waals surface area contributed by atoms with Crippen LogP contribution in [0.1, 0.15) is 60.2 Å². The molecule has 1 fully saturated rings. The average molecular weight is 487 g/mol. The summed E-state index contributed by atoms with van der Waals surface area (Å²) in [5.41, 5.74) is 3.28. The first-order valence-corrected chi connectivity index (χ1v) is 12.8. The smallest absolute Gasteiger partial charge is 0.254 e. The van der Waals surface area contributed by atoms with E-state index in [-0.39, 0.29) is 18.6 Å². The molecule has 0 radical (unpaired) electrons. The third-order valence-electron chi connectivity index (χ3n) is 7.46. The minimum atomic E-state index is -0.0380. The minimum Gasteiger partial charge on any atom is -0.461 e. The van der Waals surface area contributed by atoms with Gasteiger partial charge in [0.25, 0.3) is 5.91 Å². The zero-order valence-corrected chi connectivity index (χ0v) is 20.3. The molecule has 2 aliphatic heterocycles. The highest BCUT2D eigenvalue weighted by atomic mass is 16.7. The summed E-state index contributed by atoms with van der Waals surface area (Å²) < 4.78 is 16.9. The molecule has 7 nitrogen and oxygen atoms in total. The number of amides is 2. The number of benzene rings is 2. The maximum absolute atomic E-state index is 13.1. The molecule has 0 saturated heterocycles. The number of hydrogen-bond donors (Lipinski definition) is 1. The maximum atomic E-state index is 13.1. The molecular weight excluding hydrogens is 456 g/mol. The standard InChI is InChI=1S/C29H30N2O5/c32-28(11-8-19-4-1-2-5-19)30-23-7-3-6-20(14-23)26-16-22-17-31(13-12-24(22)36-26)29(33)21-9-10-25-27(15-21)35-18-34-25/h3,6-7,9-10,14-16,19H,1-2,4-5,8,11-13,17-18H2,(H,30,32). The number of nitrogens with zero attached hydrogens (tertiary/aromatic N) is 1. The van der Waals surface area contributed by atoms with Crippen LogP contribution in [0.2, 0.25) is 0 Å². The number of nitrogens with one attached hydrogen (secondary N) is 1. The molecule has 3 heterocycles. The van der Waals surface area contributed by atoms with Gasteiger partial charge < -0.3 is 24.1 Å². The van der Waals surface area contributed by atoms with Gasteiger partial charge in [-0.15, -0.1) is 0 Å². The molecule has 1 N–H and O–H groups in total. The van der Waals surface area contributed by atoms with E-state index >= 15 is 0 Å². The Morgan fingerprint density at radius 2 is 1.86 bits per heavy atom. The van der Waals surface area contributed by atoms with Gasteiger partial charge in [0.1, 0.15) is 11.5 Å². The van der Waals surface area contributed by atoms with Crippen molar-refractivity contribution in [3.8, 4) is 22.8 Å². The summed E-state index contributed by atoms with van der Waals surface area (Å²) in [7, 11) is 0. The number of fused-ring (bicyclic) bond motifs is 2. The lowest BCUT2D eigenvalue weighted by Gasteiger charge is -2.26. The Bertz CT molecular complexity index is 1290. The number of ether oxygens (including phenoxy) is 2. The molecule has 36 heavy (non-hydrogen) atoms. The van der Waals surface area contributed by atoms with Crippen molar-refractivity contribution >= 4 is 17.5 Å². The van der Waals surface area contributed by atoms with E-state index in [1.807, 2.05) is 35.2 Å². The highest BCUT2D eigenvalue weighted by molar-refractivity contribution is 5.95. The summed E-state index contributed by atoms with van der Waals surface area (Å²) in [6.07, 6.45) is 7.30. The molecule has 2 aromatic carbocycles. The van der Waals surface area contributed by atoms with Crippen LogP contribution in [0.25, 0.3) is 11.3 Å². The van der Waals surface area contributed by atoms with E-state index in [1.54, 1.807) is 18.2 Å². The zero-order valence-electron chi connectivity index (χ0n) is 20.3. The normalized spacial score (nSPS) is 16.7. The van der Waals surface area contributed by atoms with Crippen LogP contribution in [0.4, 0.5) is 5.69 Å². The van der Waals surface area contributed by atoms with Crippen molar-refractivity contribution in [1.29, 1.82) is 0 Å². The lowest BCUT2D eigenvalue weighted by molar-refractivity contribution is -0.116. The number of carbonyl (C=O) groups is 2. The molecule has 7 heteroatoms. The predicted octanol–water partition coefficient (Wildman–Crippen LogP) is 5.78. The fourth-order valence-electron chi connectivity index (χ4n) is 5.47. The Morgan fingerprint density at radius 3 is 2.75 bits per heavy atom. The minimum absolute atomic E-state index is 0.0380. The Morgan fingerprint density at radius 1 is 1.00 bits per heavy atom. The van der Waals surface area contributed by atoms with Crippen molar-refractivity contribution in [2.75, 3.05) is 18.7 Å². The van der Waals surface area contributed by atoms with Crippen LogP contribution in [0.5, 0.6) is 11.5 Å². The van der Waals surface area contributed by atoms with Crippen LogP contribution in [0.15, 0.2) is 52.9 Å². The van der Waals surface area contributed by atoms with Crippen LogP contribution < -0.4 is 14.8 Å². The van der Waals surface area contributed by atoms with Gasteiger partial charge in [0.05, 0.1) is 0 Å². The van der Waals surface area contributed by atoms with Gasteiger partial charge in [0, 0.05) is 48.3 Å². The summed E-state index contributed by atoms with van der Waals surface area (Å²) in [6, 6.07) is 15.1. The molecule has 1 aromatic heterocycles. The van der Waals surface area contributed by atoms with Gasteiger partial charge in [-0.25, -0.2) is 0 Å². The molecule has 3 aromatic rings. The van der Waals surface area contributed by atoms with Crippen molar-refractivity contribution in [2.45, 2.75) is 51.5 Å². The summed E-state index contributed by atoms with van der Waals surface area (Å²) in [4.78, 5) is 27.4. The van der Waals surface area contributed by atoms with Crippen molar-refractivity contribution < 1.29 is 23.5 Å². The van der Waals surface area contributed by atoms with Gasteiger partial charge in [0.2, 0.25) is 12.7 Å². The van der Waals surface area contributed by atoms with E-state index in [0.29, 0.717) is 48.9 Å². The highest BCUT2D eigenvalue weighted by Gasteiger charge is 2.26. The molecule has 2 amide bonds. The second-order valence-corrected chi connectivity index (χ2v) is 9.92. The molecule has 0 spiro atoms. The van der Waals surface area contributed by atoms with Gasteiger partial charge >= 0.3 is 0 Å². The second-order valence-electron chi connectivity index (χ2n) is 9.92. The average Bonchev–Trinajstić information content (AvgIpc) is 3.67. The molecule has 1 saturated carbocycles. The van der Waals surface area contributed by atoms with Gasteiger partial charge in [-0.2, -0.15) is 0 Å². The summed E-state index contributed by atoms with van der Waals surface area (Å²) in [5, 5.41) is 3.04. The molecule has 0 unspecified atom stereocenters. The van der Waals surface area contributed by atoms with Crippen molar-refractivity contribution in [3.63, 3.8) is 0 Å². The second kappa shape index (κ2) is 9.72. The predicted molar refractivity (Wildman–Crippen MR) is 135 cm³/mol. The quantitative estimate of drug-likeness (QED) is 0.478.